The maximum Gasteiger partial charge on any atom is 0.250 e. The number of benzene rings is 1. The second kappa shape index (κ2) is 7.33. The number of hydrogen-bond acceptors (Lipinski definition) is 4. The quantitative estimate of drug-likeness (QED) is 0.827. The maximum atomic E-state index is 13.0. The third-order valence-electron chi connectivity index (χ3n) is 5.29. The average molecular weight is 409 g/mol. The lowest BCUT2D eigenvalue weighted by Crippen LogP contribution is -2.46. The minimum Gasteiger partial charge on any atom is -0.342 e. The SMILES string of the molecule is O=C(C1CC1c1ccc(F)cc1)N1CCC(NS(=O)(=O)c2cccs2)CC1. The van der Waals surface area contributed by atoms with Gasteiger partial charge in [-0.05, 0) is 54.3 Å². The third-order valence-corrected chi connectivity index (χ3v) is 8.21. The van der Waals surface area contributed by atoms with Crippen LogP contribution in [-0.4, -0.2) is 38.4 Å². The van der Waals surface area contributed by atoms with Crippen molar-refractivity contribution in [1.82, 2.24) is 9.62 Å². The second-order valence-corrected chi connectivity index (χ2v) is 10.0. The highest BCUT2D eigenvalue weighted by atomic mass is 32.2. The number of sulfonamides is 1. The van der Waals surface area contributed by atoms with Crippen LogP contribution in [0.5, 0.6) is 0 Å². The van der Waals surface area contributed by atoms with E-state index in [9.17, 15) is 17.6 Å². The Bertz CT molecular complexity index is 905. The number of nitrogens with one attached hydrogen (secondary N) is 1. The van der Waals surface area contributed by atoms with E-state index in [0.717, 1.165) is 12.0 Å². The molecule has 2 fully saturated rings. The van der Waals surface area contributed by atoms with E-state index in [1.807, 2.05) is 4.90 Å². The monoisotopic (exact) mass is 408 g/mol. The lowest BCUT2D eigenvalue weighted by Gasteiger charge is -2.32. The molecule has 4 rings (SSSR count). The molecule has 0 spiro atoms. The van der Waals surface area contributed by atoms with E-state index >= 15 is 0 Å². The normalized spacial score (nSPS) is 23.4. The van der Waals surface area contributed by atoms with Crippen LogP contribution < -0.4 is 4.72 Å². The van der Waals surface area contributed by atoms with Gasteiger partial charge in [0.25, 0.3) is 0 Å². The number of nitrogens with zero attached hydrogens (tertiary/aromatic N) is 1. The van der Waals surface area contributed by atoms with Crippen molar-refractivity contribution in [3.63, 3.8) is 0 Å². The number of piperidine rings is 1. The molecule has 1 saturated carbocycles. The van der Waals surface area contributed by atoms with Crippen LogP contribution in [-0.2, 0) is 14.8 Å². The van der Waals surface area contributed by atoms with E-state index in [2.05, 4.69) is 4.72 Å². The lowest BCUT2D eigenvalue weighted by atomic mass is 10.0. The van der Waals surface area contributed by atoms with Crippen LogP contribution in [0.25, 0.3) is 0 Å². The van der Waals surface area contributed by atoms with Gasteiger partial charge < -0.3 is 4.90 Å². The minimum absolute atomic E-state index is 0.0326. The van der Waals surface area contributed by atoms with Gasteiger partial charge in [0.05, 0.1) is 0 Å². The number of thiophene rings is 1. The van der Waals surface area contributed by atoms with Crippen molar-refractivity contribution in [2.24, 2.45) is 5.92 Å². The first-order chi connectivity index (χ1) is 12.9. The Morgan fingerprint density at radius 3 is 2.48 bits per heavy atom. The van der Waals surface area contributed by atoms with Gasteiger partial charge in [0.2, 0.25) is 15.9 Å². The van der Waals surface area contributed by atoms with Gasteiger partial charge in [0.15, 0.2) is 0 Å². The molecule has 27 heavy (non-hydrogen) atoms. The molecule has 5 nitrogen and oxygen atoms in total. The van der Waals surface area contributed by atoms with Crippen LogP contribution in [0.4, 0.5) is 4.39 Å². The van der Waals surface area contributed by atoms with Gasteiger partial charge >= 0.3 is 0 Å². The summed E-state index contributed by atoms with van der Waals surface area (Å²) in [5.74, 6) is 0.00113. The molecule has 2 aliphatic rings. The van der Waals surface area contributed by atoms with Crippen molar-refractivity contribution in [3.8, 4) is 0 Å². The summed E-state index contributed by atoms with van der Waals surface area (Å²) < 4.78 is 40.7. The van der Waals surface area contributed by atoms with Crippen LogP contribution in [0.2, 0.25) is 0 Å². The number of carbonyl (C=O) groups is 1. The van der Waals surface area contributed by atoms with E-state index in [4.69, 9.17) is 0 Å². The molecule has 1 aliphatic heterocycles. The van der Waals surface area contributed by atoms with Gasteiger partial charge in [-0.2, -0.15) is 0 Å². The molecule has 8 heteroatoms. The molecule has 1 aliphatic carbocycles. The maximum absolute atomic E-state index is 13.0. The zero-order valence-electron chi connectivity index (χ0n) is 14.7. The number of rotatable bonds is 5. The number of carbonyl (C=O) groups excluding carboxylic acids is 1. The summed E-state index contributed by atoms with van der Waals surface area (Å²) in [7, 11) is -3.47. The van der Waals surface area contributed by atoms with Crippen molar-refractivity contribution in [2.75, 3.05) is 13.1 Å². The Morgan fingerprint density at radius 2 is 1.85 bits per heavy atom. The number of halogens is 1. The van der Waals surface area contributed by atoms with E-state index < -0.39 is 10.0 Å². The van der Waals surface area contributed by atoms with Gasteiger partial charge in [-0.15, -0.1) is 11.3 Å². The van der Waals surface area contributed by atoms with Crippen molar-refractivity contribution in [3.05, 3.63) is 53.2 Å². The fourth-order valence-electron chi connectivity index (χ4n) is 3.69. The Balaban J connectivity index is 1.29. The molecule has 1 saturated heterocycles. The summed E-state index contributed by atoms with van der Waals surface area (Å²) in [6.07, 6.45) is 2.03. The van der Waals surface area contributed by atoms with Crippen LogP contribution in [0.1, 0.15) is 30.7 Å². The Morgan fingerprint density at radius 1 is 1.15 bits per heavy atom. The van der Waals surface area contributed by atoms with Gasteiger partial charge in [-0.3, -0.25) is 4.79 Å². The summed E-state index contributed by atoms with van der Waals surface area (Å²) in [5.41, 5.74) is 1.01. The highest BCUT2D eigenvalue weighted by Gasteiger charge is 2.46. The molecular weight excluding hydrogens is 387 g/mol. The molecule has 2 aromatic rings. The summed E-state index contributed by atoms with van der Waals surface area (Å²) >= 11 is 1.20. The van der Waals surface area contributed by atoms with E-state index in [1.54, 1.807) is 29.6 Å². The van der Waals surface area contributed by atoms with Gasteiger partial charge in [-0.25, -0.2) is 17.5 Å². The van der Waals surface area contributed by atoms with Crippen molar-refractivity contribution in [2.45, 2.75) is 35.4 Å². The minimum atomic E-state index is -3.47. The summed E-state index contributed by atoms with van der Waals surface area (Å²) in [6, 6.07) is 9.52. The zero-order valence-corrected chi connectivity index (χ0v) is 16.3. The first kappa shape index (κ1) is 18.6. The predicted molar refractivity (Wildman–Crippen MR) is 101 cm³/mol. The van der Waals surface area contributed by atoms with Crippen LogP contribution in [0, 0.1) is 11.7 Å². The molecule has 1 aromatic carbocycles. The Labute approximate surface area is 162 Å². The molecule has 0 bridgehead atoms. The fourth-order valence-corrected chi connectivity index (χ4v) is 6.01. The van der Waals surface area contributed by atoms with Crippen LogP contribution >= 0.6 is 11.3 Å². The second-order valence-electron chi connectivity index (χ2n) is 7.15. The highest BCUT2D eigenvalue weighted by molar-refractivity contribution is 7.91. The molecule has 144 valence electrons. The predicted octanol–water partition coefficient (Wildman–Crippen LogP) is 2.96. The molecule has 1 amide bonds. The zero-order chi connectivity index (χ0) is 19.0. The van der Waals surface area contributed by atoms with Gasteiger partial charge in [-0.1, -0.05) is 18.2 Å². The number of likely N-dealkylation sites (tertiary alicyclic amines) is 1. The molecule has 2 atom stereocenters. The Hall–Kier alpha value is -1.77. The fraction of sp³-hybridized carbons (Fsp3) is 0.421. The number of hydrogen-bond donors (Lipinski definition) is 1. The molecule has 1 aromatic heterocycles. The molecule has 2 heterocycles. The smallest absolute Gasteiger partial charge is 0.250 e. The molecule has 2 unspecified atom stereocenters. The lowest BCUT2D eigenvalue weighted by molar-refractivity contribution is -0.133. The van der Waals surface area contributed by atoms with Crippen molar-refractivity contribution in [1.29, 1.82) is 0 Å². The van der Waals surface area contributed by atoms with E-state index in [-0.39, 0.29) is 29.6 Å². The standard InChI is InChI=1S/C19H21FN2O3S2/c20-14-5-3-13(4-6-14)16-12-17(16)19(23)22-9-7-15(8-10-22)21-27(24,25)18-2-1-11-26-18/h1-6,11,15-17,21H,7-10,12H2. The third kappa shape index (κ3) is 4.07. The van der Waals surface area contributed by atoms with E-state index in [0.29, 0.717) is 30.1 Å². The summed E-state index contributed by atoms with van der Waals surface area (Å²) in [5, 5.41) is 1.74. The van der Waals surface area contributed by atoms with Crippen LogP contribution in [0.15, 0.2) is 46.0 Å². The topological polar surface area (TPSA) is 66.5 Å². The average Bonchev–Trinajstić information content (AvgIpc) is 3.24. The molecule has 0 radical (unpaired) electrons. The van der Waals surface area contributed by atoms with Crippen molar-refractivity contribution < 1.29 is 17.6 Å². The first-order valence-corrected chi connectivity index (χ1v) is 11.4. The molecule has 1 N–H and O–H groups in total. The van der Waals surface area contributed by atoms with Crippen molar-refractivity contribution >= 4 is 27.3 Å². The van der Waals surface area contributed by atoms with Crippen LogP contribution in [0.3, 0.4) is 0 Å². The Kier molecular flexibility index (Phi) is 5.05. The highest BCUT2D eigenvalue weighted by Crippen LogP contribution is 2.48. The molecular formula is C19H21FN2O3S2. The largest absolute Gasteiger partial charge is 0.342 e. The van der Waals surface area contributed by atoms with Gasteiger partial charge in [0, 0.05) is 25.0 Å². The number of amides is 1. The van der Waals surface area contributed by atoms with E-state index in [1.165, 1.54) is 23.5 Å². The summed E-state index contributed by atoms with van der Waals surface area (Å²) in [6.45, 7) is 1.12. The van der Waals surface area contributed by atoms with Gasteiger partial charge in [0.1, 0.15) is 10.0 Å². The summed E-state index contributed by atoms with van der Waals surface area (Å²) in [4.78, 5) is 14.5. The first-order valence-electron chi connectivity index (χ1n) is 9.04.